The van der Waals surface area contributed by atoms with Gasteiger partial charge in [0.05, 0.1) is 18.3 Å². The van der Waals surface area contributed by atoms with Gasteiger partial charge >= 0.3 is 0 Å². The van der Waals surface area contributed by atoms with Gasteiger partial charge in [-0.25, -0.2) is 4.98 Å². The normalized spacial score (nSPS) is 17.0. The zero-order chi connectivity index (χ0) is 16.1. The number of pyridine rings is 1. The van der Waals surface area contributed by atoms with Crippen molar-refractivity contribution < 1.29 is 9.53 Å². The van der Waals surface area contributed by atoms with Crippen LogP contribution in [0.3, 0.4) is 0 Å². The Morgan fingerprint density at radius 2 is 2.08 bits per heavy atom. The molecule has 2 aromatic rings. The van der Waals surface area contributed by atoms with Gasteiger partial charge in [-0.3, -0.25) is 4.79 Å². The number of carbonyl (C=O) groups excluding carboxylic acids is 1. The first-order valence-electron chi connectivity index (χ1n) is 7.53. The fourth-order valence-electron chi connectivity index (χ4n) is 2.42. The average molecular weight is 368 g/mol. The molecule has 0 saturated carbocycles. The van der Waals surface area contributed by atoms with E-state index >= 15 is 0 Å². The summed E-state index contributed by atoms with van der Waals surface area (Å²) < 4.78 is 5.72. The van der Waals surface area contributed by atoms with Crippen LogP contribution in [0.2, 0.25) is 5.15 Å². The lowest BCUT2D eigenvalue weighted by molar-refractivity contribution is 0.0277. The van der Waals surface area contributed by atoms with Gasteiger partial charge in [0.15, 0.2) is 0 Å². The van der Waals surface area contributed by atoms with Crippen molar-refractivity contribution in [3.8, 4) is 0 Å². The molecule has 1 fully saturated rings. The number of morpholine rings is 1. The summed E-state index contributed by atoms with van der Waals surface area (Å²) >= 11 is 5.71. The van der Waals surface area contributed by atoms with Crippen LogP contribution in [0, 0.1) is 0 Å². The second-order valence-electron chi connectivity index (χ2n) is 5.36. The molecular formula is C17H19Cl2N3O2. The Kier molecular flexibility index (Phi) is 6.99. The van der Waals surface area contributed by atoms with Gasteiger partial charge in [-0.15, -0.1) is 12.4 Å². The van der Waals surface area contributed by atoms with Crippen LogP contribution in [0.25, 0.3) is 0 Å². The third-order valence-electron chi connectivity index (χ3n) is 3.72. The number of carbonyl (C=O) groups is 1. The summed E-state index contributed by atoms with van der Waals surface area (Å²) in [7, 11) is 0. The van der Waals surface area contributed by atoms with E-state index in [4.69, 9.17) is 16.3 Å². The topological polar surface area (TPSA) is 63.2 Å². The van der Waals surface area contributed by atoms with Crippen LogP contribution < -0.4 is 10.6 Å². The second kappa shape index (κ2) is 8.99. The smallest absolute Gasteiger partial charge is 0.253 e. The standard InChI is InChI=1S/C17H18ClN3O2.ClH/c18-16-6-5-14(10-20-16)17(22)21-9-12-1-3-13(4-2-12)15-11-19-7-8-23-15;/h1-6,10,15,19H,7-9,11H2,(H,21,22);1H/t15-;/m0./s1. The van der Waals surface area contributed by atoms with Gasteiger partial charge in [0.1, 0.15) is 5.15 Å². The molecule has 1 aliphatic rings. The second-order valence-corrected chi connectivity index (χ2v) is 5.74. The zero-order valence-electron chi connectivity index (χ0n) is 13.0. The maximum absolute atomic E-state index is 12.0. The molecule has 1 saturated heterocycles. The van der Waals surface area contributed by atoms with Crippen molar-refractivity contribution in [2.24, 2.45) is 0 Å². The van der Waals surface area contributed by atoms with E-state index in [1.54, 1.807) is 12.1 Å². The quantitative estimate of drug-likeness (QED) is 0.815. The molecule has 2 N–H and O–H groups in total. The Labute approximate surface area is 152 Å². The van der Waals surface area contributed by atoms with Gasteiger partial charge in [0, 0.05) is 25.8 Å². The zero-order valence-corrected chi connectivity index (χ0v) is 14.6. The molecule has 0 radical (unpaired) electrons. The number of aromatic nitrogens is 1. The van der Waals surface area contributed by atoms with Crippen LogP contribution in [0.15, 0.2) is 42.6 Å². The predicted octanol–water partition coefficient (Wildman–Crippen LogP) is 2.75. The van der Waals surface area contributed by atoms with Gasteiger partial charge in [-0.1, -0.05) is 35.9 Å². The minimum atomic E-state index is -0.168. The average Bonchev–Trinajstić information content (AvgIpc) is 2.61. The Morgan fingerprint density at radius 3 is 2.71 bits per heavy atom. The number of amides is 1. The van der Waals surface area contributed by atoms with Crippen molar-refractivity contribution in [2.45, 2.75) is 12.6 Å². The van der Waals surface area contributed by atoms with E-state index in [1.807, 2.05) is 24.3 Å². The van der Waals surface area contributed by atoms with Gasteiger partial charge in [0.25, 0.3) is 5.91 Å². The lowest BCUT2D eigenvalue weighted by Crippen LogP contribution is -2.33. The van der Waals surface area contributed by atoms with Gasteiger partial charge < -0.3 is 15.4 Å². The molecule has 128 valence electrons. The van der Waals surface area contributed by atoms with Crippen molar-refractivity contribution in [1.82, 2.24) is 15.6 Å². The molecule has 0 unspecified atom stereocenters. The Bertz CT molecular complexity index is 657. The van der Waals surface area contributed by atoms with E-state index in [0.717, 1.165) is 30.8 Å². The highest BCUT2D eigenvalue weighted by molar-refractivity contribution is 6.29. The predicted molar refractivity (Wildman–Crippen MR) is 95.7 cm³/mol. The summed E-state index contributed by atoms with van der Waals surface area (Å²) in [6.07, 6.45) is 1.57. The van der Waals surface area contributed by atoms with Crippen LogP contribution in [0.5, 0.6) is 0 Å². The molecular weight excluding hydrogens is 349 g/mol. The highest BCUT2D eigenvalue weighted by Crippen LogP contribution is 2.19. The number of ether oxygens (including phenoxy) is 1. The van der Waals surface area contributed by atoms with Crippen LogP contribution in [-0.4, -0.2) is 30.6 Å². The fourth-order valence-corrected chi connectivity index (χ4v) is 2.54. The molecule has 0 spiro atoms. The summed E-state index contributed by atoms with van der Waals surface area (Å²) in [5.41, 5.74) is 2.68. The lowest BCUT2D eigenvalue weighted by Gasteiger charge is -2.24. The molecule has 3 rings (SSSR count). The summed E-state index contributed by atoms with van der Waals surface area (Å²) in [5, 5.41) is 6.55. The first-order chi connectivity index (χ1) is 11.2. The maximum Gasteiger partial charge on any atom is 0.253 e. The van der Waals surface area contributed by atoms with Crippen molar-refractivity contribution in [1.29, 1.82) is 0 Å². The molecule has 1 aromatic heterocycles. The molecule has 24 heavy (non-hydrogen) atoms. The minimum absolute atomic E-state index is 0. The molecule has 1 aromatic carbocycles. The number of nitrogens with one attached hydrogen (secondary N) is 2. The fraction of sp³-hybridized carbons (Fsp3) is 0.294. The van der Waals surface area contributed by atoms with Crippen LogP contribution in [0.1, 0.15) is 27.6 Å². The Balaban J connectivity index is 0.00000208. The molecule has 1 atom stereocenters. The number of hydrogen-bond donors (Lipinski definition) is 2. The summed E-state index contributed by atoms with van der Waals surface area (Å²) in [5.74, 6) is -0.168. The van der Waals surface area contributed by atoms with Crippen molar-refractivity contribution >= 4 is 29.9 Å². The summed E-state index contributed by atoms with van der Waals surface area (Å²) in [6, 6.07) is 11.4. The first kappa shape index (κ1) is 18.7. The van der Waals surface area contributed by atoms with Crippen LogP contribution in [-0.2, 0) is 11.3 Å². The summed E-state index contributed by atoms with van der Waals surface area (Å²) in [4.78, 5) is 15.9. The van der Waals surface area contributed by atoms with Gasteiger partial charge in [0.2, 0.25) is 0 Å². The highest BCUT2D eigenvalue weighted by Gasteiger charge is 2.15. The molecule has 0 bridgehead atoms. The Hall–Kier alpha value is -1.66. The number of hydrogen-bond acceptors (Lipinski definition) is 4. The van der Waals surface area contributed by atoms with E-state index in [-0.39, 0.29) is 24.4 Å². The monoisotopic (exact) mass is 367 g/mol. The van der Waals surface area contributed by atoms with Crippen LogP contribution in [0.4, 0.5) is 0 Å². The van der Waals surface area contributed by atoms with E-state index in [0.29, 0.717) is 17.3 Å². The molecule has 1 aliphatic heterocycles. The SMILES string of the molecule is Cl.O=C(NCc1ccc([C@@H]2CNCCO2)cc1)c1ccc(Cl)nc1. The van der Waals surface area contributed by atoms with E-state index in [2.05, 4.69) is 15.6 Å². The highest BCUT2D eigenvalue weighted by atomic mass is 35.5. The maximum atomic E-state index is 12.0. The molecule has 0 aliphatic carbocycles. The van der Waals surface area contributed by atoms with E-state index in [1.165, 1.54) is 6.20 Å². The molecule has 5 nitrogen and oxygen atoms in total. The molecule has 7 heteroatoms. The largest absolute Gasteiger partial charge is 0.371 e. The van der Waals surface area contributed by atoms with E-state index in [9.17, 15) is 4.79 Å². The van der Waals surface area contributed by atoms with Gasteiger partial charge in [-0.2, -0.15) is 0 Å². The van der Waals surface area contributed by atoms with Crippen LogP contribution >= 0.6 is 24.0 Å². The van der Waals surface area contributed by atoms with Crippen molar-refractivity contribution in [3.05, 3.63) is 64.4 Å². The Morgan fingerprint density at radius 1 is 1.29 bits per heavy atom. The molecule has 2 heterocycles. The third kappa shape index (κ3) is 4.92. The van der Waals surface area contributed by atoms with E-state index < -0.39 is 0 Å². The number of halogens is 2. The van der Waals surface area contributed by atoms with Crippen molar-refractivity contribution in [3.63, 3.8) is 0 Å². The molecule has 1 amide bonds. The first-order valence-corrected chi connectivity index (χ1v) is 7.91. The van der Waals surface area contributed by atoms with Gasteiger partial charge in [-0.05, 0) is 23.3 Å². The van der Waals surface area contributed by atoms with Crippen molar-refractivity contribution in [2.75, 3.05) is 19.7 Å². The third-order valence-corrected chi connectivity index (χ3v) is 3.95. The minimum Gasteiger partial charge on any atom is -0.371 e. The summed E-state index contributed by atoms with van der Waals surface area (Å²) in [6.45, 7) is 2.93. The number of benzene rings is 1. The lowest BCUT2D eigenvalue weighted by atomic mass is 10.1. The number of nitrogens with zero attached hydrogens (tertiary/aromatic N) is 1. The number of rotatable bonds is 4.